The molecule has 0 saturated carbocycles. The molecule has 0 aliphatic rings. The molecule has 0 heterocycles. The summed E-state index contributed by atoms with van der Waals surface area (Å²) in [5.74, 6) is -1.26. The molecule has 6 heteroatoms. The van der Waals surface area contributed by atoms with Gasteiger partial charge in [-0.05, 0) is 55.8 Å². The lowest BCUT2D eigenvalue weighted by atomic mass is 10.1. The molecule has 0 bridgehead atoms. The van der Waals surface area contributed by atoms with E-state index in [-0.39, 0.29) is 18.1 Å². The molecule has 2 aromatic carbocycles. The Kier molecular flexibility index (Phi) is 5.18. The van der Waals surface area contributed by atoms with Gasteiger partial charge in [0.05, 0.1) is 6.42 Å². The van der Waals surface area contributed by atoms with E-state index in [2.05, 4.69) is 5.32 Å². The van der Waals surface area contributed by atoms with Gasteiger partial charge in [-0.25, -0.2) is 9.18 Å². The van der Waals surface area contributed by atoms with Crippen LogP contribution in [0, 0.1) is 5.82 Å². The largest absolute Gasteiger partial charge is 0.478 e. The average Bonchev–Trinajstić information content (AvgIpc) is 2.51. The molecule has 24 heavy (non-hydrogen) atoms. The number of aliphatic carboxylic acids is 1. The number of carbonyl (C=O) groups excluding carboxylic acids is 1. The number of hydrogen-bond donors (Lipinski definition) is 2. The SMILES string of the molecule is CC(C)(Oc1ccc(CC(=O)Nc2ccc(F)cc2)cc1)C(=O)O. The molecule has 0 aromatic heterocycles. The number of carboxylic acids is 1. The molecular formula is C18H18FNO4. The summed E-state index contributed by atoms with van der Waals surface area (Å²) in [4.78, 5) is 23.0. The van der Waals surface area contributed by atoms with Crippen LogP contribution in [-0.2, 0) is 16.0 Å². The Morgan fingerprint density at radius 2 is 1.67 bits per heavy atom. The number of rotatable bonds is 6. The molecule has 0 atom stereocenters. The number of hydrogen-bond acceptors (Lipinski definition) is 3. The summed E-state index contributed by atoms with van der Waals surface area (Å²) in [6.45, 7) is 2.92. The Balaban J connectivity index is 1.94. The predicted molar refractivity (Wildman–Crippen MR) is 87.5 cm³/mol. The van der Waals surface area contributed by atoms with Crippen LogP contribution in [-0.4, -0.2) is 22.6 Å². The molecule has 2 N–H and O–H groups in total. The van der Waals surface area contributed by atoms with Gasteiger partial charge in [-0.1, -0.05) is 12.1 Å². The molecule has 0 unspecified atom stereocenters. The van der Waals surface area contributed by atoms with Crippen molar-refractivity contribution in [2.24, 2.45) is 0 Å². The Hall–Kier alpha value is -2.89. The first-order chi connectivity index (χ1) is 11.3. The maximum Gasteiger partial charge on any atom is 0.347 e. The normalized spacial score (nSPS) is 11.0. The quantitative estimate of drug-likeness (QED) is 0.852. The molecule has 0 aliphatic heterocycles. The van der Waals surface area contributed by atoms with Gasteiger partial charge in [-0.3, -0.25) is 4.79 Å². The minimum atomic E-state index is -1.33. The van der Waals surface area contributed by atoms with E-state index in [0.29, 0.717) is 11.4 Å². The van der Waals surface area contributed by atoms with Crippen LogP contribution in [0.25, 0.3) is 0 Å². The van der Waals surface area contributed by atoms with Crippen molar-refractivity contribution in [2.75, 3.05) is 5.32 Å². The van der Waals surface area contributed by atoms with E-state index >= 15 is 0 Å². The highest BCUT2D eigenvalue weighted by Gasteiger charge is 2.29. The molecule has 0 saturated heterocycles. The van der Waals surface area contributed by atoms with E-state index in [0.717, 1.165) is 5.56 Å². The van der Waals surface area contributed by atoms with Crippen LogP contribution in [0.4, 0.5) is 10.1 Å². The van der Waals surface area contributed by atoms with Gasteiger partial charge in [-0.2, -0.15) is 0 Å². The molecule has 0 fully saturated rings. The molecular weight excluding hydrogens is 313 g/mol. The van der Waals surface area contributed by atoms with Crippen molar-refractivity contribution >= 4 is 17.6 Å². The van der Waals surface area contributed by atoms with Crippen molar-refractivity contribution < 1.29 is 23.8 Å². The third-order valence-electron chi connectivity index (χ3n) is 3.30. The summed E-state index contributed by atoms with van der Waals surface area (Å²) < 4.78 is 18.2. The van der Waals surface area contributed by atoms with E-state index in [1.54, 1.807) is 24.3 Å². The van der Waals surface area contributed by atoms with Gasteiger partial charge in [0.15, 0.2) is 5.60 Å². The minimum Gasteiger partial charge on any atom is -0.478 e. The van der Waals surface area contributed by atoms with Crippen LogP contribution in [0.2, 0.25) is 0 Å². The zero-order chi connectivity index (χ0) is 17.7. The van der Waals surface area contributed by atoms with Crippen molar-refractivity contribution in [1.82, 2.24) is 0 Å². The lowest BCUT2D eigenvalue weighted by Gasteiger charge is -2.21. The highest BCUT2D eigenvalue weighted by atomic mass is 19.1. The first-order valence-electron chi connectivity index (χ1n) is 7.33. The maximum atomic E-state index is 12.8. The van der Waals surface area contributed by atoms with Crippen LogP contribution in [0.15, 0.2) is 48.5 Å². The number of halogens is 1. The minimum absolute atomic E-state index is 0.139. The fourth-order valence-electron chi connectivity index (χ4n) is 1.94. The van der Waals surface area contributed by atoms with E-state index in [1.165, 1.54) is 38.1 Å². The summed E-state index contributed by atoms with van der Waals surface area (Å²) in [7, 11) is 0. The Morgan fingerprint density at radius 3 is 2.21 bits per heavy atom. The number of carbonyl (C=O) groups is 2. The number of carboxylic acid groups (broad SMARTS) is 1. The van der Waals surface area contributed by atoms with E-state index in [9.17, 15) is 14.0 Å². The second kappa shape index (κ2) is 7.12. The van der Waals surface area contributed by atoms with E-state index < -0.39 is 11.6 Å². The van der Waals surface area contributed by atoms with Crippen LogP contribution in [0.5, 0.6) is 5.75 Å². The highest BCUT2D eigenvalue weighted by molar-refractivity contribution is 5.92. The van der Waals surface area contributed by atoms with Crippen LogP contribution in [0.3, 0.4) is 0 Å². The predicted octanol–water partition coefficient (Wildman–Crippen LogP) is 3.25. The van der Waals surface area contributed by atoms with E-state index in [1.807, 2.05) is 0 Å². The first kappa shape index (κ1) is 17.5. The zero-order valence-electron chi connectivity index (χ0n) is 13.4. The smallest absolute Gasteiger partial charge is 0.347 e. The molecule has 2 rings (SSSR count). The summed E-state index contributed by atoms with van der Waals surface area (Å²) in [6, 6.07) is 12.1. The van der Waals surface area contributed by atoms with E-state index in [4.69, 9.17) is 9.84 Å². The van der Waals surface area contributed by atoms with Gasteiger partial charge in [0, 0.05) is 5.69 Å². The summed E-state index contributed by atoms with van der Waals surface area (Å²) in [6.07, 6.45) is 0.139. The summed E-state index contributed by atoms with van der Waals surface area (Å²) in [5.41, 5.74) is -0.0683. The third kappa shape index (κ3) is 4.81. The van der Waals surface area contributed by atoms with Gasteiger partial charge in [0.2, 0.25) is 5.91 Å². The Morgan fingerprint density at radius 1 is 1.08 bits per heavy atom. The van der Waals surface area contributed by atoms with Gasteiger partial charge >= 0.3 is 5.97 Å². The molecule has 2 aromatic rings. The summed E-state index contributed by atoms with van der Waals surface area (Å²) in [5, 5.41) is 11.7. The monoisotopic (exact) mass is 331 g/mol. The lowest BCUT2D eigenvalue weighted by molar-refractivity contribution is -0.152. The lowest BCUT2D eigenvalue weighted by Crippen LogP contribution is -2.37. The van der Waals surface area contributed by atoms with Gasteiger partial charge in [0.1, 0.15) is 11.6 Å². The second-order valence-electron chi connectivity index (χ2n) is 5.79. The Bertz CT molecular complexity index is 724. The fraction of sp³-hybridized carbons (Fsp3) is 0.222. The topological polar surface area (TPSA) is 75.6 Å². The van der Waals surface area contributed by atoms with Gasteiger partial charge < -0.3 is 15.2 Å². The summed E-state index contributed by atoms with van der Waals surface area (Å²) >= 11 is 0. The fourth-order valence-corrected chi connectivity index (χ4v) is 1.94. The molecule has 1 amide bonds. The number of ether oxygens (including phenoxy) is 1. The molecule has 0 radical (unpaired) electrons. The van der Waals surface area contributed by atoms with Crippen molar-refractivity contribution in [3.63, 3.8) is 0 Å². The van der Waals surface area contributed by atoms with Gasteiger partial charge in [-0.15, -0.1) is 0 Å². The third-order valence-corrected chi connectivity index (χ3v) is 3.30. The molecule has 0 spiro atoms. The van der Waals surface area contributed by atoms with Crippen molar-refractivity contribution in [2.45, 2.75) is 25.9 Å². The molecule has 0 aliphatic carbocycles. The molecule has 5 nitrogen and oxygen atoms in total. The van der Waals surface area contributed by atoms with Crippen LogP contribution < -0.4 is 10.1 Å². The van der Waals surface area contributed by atoms with Crippen molar-refractivity contribution in [3.8, 4) is 5.75 Å². The number of benzene rings is 2. The number of anilines is 1. The van der Waals surface area contributed by atoms with Crippen LogP contribution >= 0.6 is 0 Å². The van der Waals surface area contributed by atoms with Crippen LogP contribution in [0.1, 0.15) is 19.4 Å². The highest BCUT2D eigenvalue weighted by Crippen LogP contribution is 2.19. The maximum absolute atomic E-state index is 12.8. The average molecular weight is 331 g/mol. The number of amides is 1. The number of nitrogens with one attached hydrogen (secondary N) is 1. The van der Waals surface area contributed by atoms with Crippen molar-refractivity contribution in [1.29, 1.82) is 0 Å². The Labute approximate surface area is 139 Å². The van der Waals surface area contributed by atoms with Crippen molar-refractivity contribution in [3.05, 3.63) is 59.9 Å². The first-order valence-corrected chi connectivity index (χ1v) is 7.33. The second-order valence-corrected chi connectivity index (χ2v) is 5.79. The standard InChI is InChI=1S/C18H18FNO4/c1-18(2,17(22)23)24-15-9-3-12(4-10-15)11-16(21)20-14-7-5-13(19)6-8-14/h3-10H,11H2,1-2H3,(H,20,21)(H,22,23). The van der Waals surface area contributed by atoms with Gasteiger partial charge in [0.25, 0.3) is 0 Å². The molecule has 126 valence electrons. The zero-order valence-corrected chi connectivity index (χ0v) is 13.4.